The summed E-state index contributed by atoms with van der Waals surface area (Å²) >= 11 is 0. The molecule has 2 heteroatoms. The van der Waals surface area contributed by atoms with Gasteiger partial charge in [0.05, 0.1) is 10.8 Å². The smallest absolute Gasteiger partial charge is 0.119 e. The van der Waals surface area contributed by atoms with Gasteiger partial charge in [-0.3, -0.25) is 0 Å². The lowest BCUT2D eigenvalue weighted by Gasteiger charge is -2.44. The predicted octanol–water partition coefficient (Wildman–Crippen LogP) is 7.93. The summed E-state index contributed by atoms with van der Waals surface area (Å²) in [5, 5.41) is 2.78. The Kier molecular flexibility index (Phi) is 4.50. The summed E-state index contributed by atoms with van der Waals surface area (Å²) < 4.78 is 5.24. The number of rotatable bonds is 2. The number of para-hydroxylation sites is 1. The van der Waals surface area contributed by atoms with Crippen molar-refractivity contribution in [1.82, 2.24) is 4.52 Å². The molecule has 3 heterocycles. The molecule has 2 aromatic carbocycles. The van der Waals surface area contributed by atoms with Crippen molar-refractivity contribution in [3.05, 3.63) is 59.2 Å². The Morgan fingerprint density at radius 3 is 2.09 bits per heavy atom. The quantitative estimate of drug-likeness (QED) is 0.279. The highest BCUT2D eigenvalue weighted by Gasteiger charge is 2.57. The lowest BCUT2D eigenvalue weighted by Crippen LogP contribution is -2.69. The third-order valence-electron chi connectivity index (χ3n) is 9.07. The minimum atomic E-state index is -0.0276. The third-order valence-corrected chi connectivity index (χ3v) is 9.07. The summed E-state index contributed by atoms with van der Waals surface area (Å²) in [7, 11) is 0. The molecule has 0 N–H and O–H groups in total. The standard InChI is InChI=1S/C31H41N2/c1-11-30(9)23-15-13-14-21-24(29(6,7)8)19-26-22-18-20(28(3,4)5)16-17-25(22)33(31(30,10)12-2)32(26)27(21)23/h13-19H,11-12H2,1-10H3/q+1. The van der Waals surface area contributed by atoms with E-state index >= 15 is 0 Å². The monoisotopic (exact) mass is 441 g/mol. The fourth-order valence-electron chi connectivity index (χ4n) is 6.47. The molecule has 2 unspecified atom stereocenters. The van der Waals surface area contributed by atoms with E-state index < -0.39 is 0 Å². The molecule has 2 aromatic heterocycles. The highest BCUT2D eigenvalue weighted by molar-refractivity contribution is 5.99. The summed E-state index contributed by atoms with van der Waals surface area (Å²) in [4.78, 5) is 0. The first kappa shape index (κ1) is 22.4. The molecule has 4 aromatic rings. The predicted molar refractivity (Wildman–Crippen MR) is 142 cm³/mol. The SMILES string of the molecule is CCC1(C)c2cccc3c(C(C)(C)C)cc4c5cc(C(C)(C)C)ccc5[n+](n4c23)C1(C)CC. The van der Waals surface area contributed by atoms with Crippen LogP contribution in [0.2, 0.25) is 0 Å². The Morgan fingerprint density at radius 2 is 1.52 bits per heavy atom. The van der Waals surface area contributed by atoms with E-state index in [0.29, 0.717) is 0 Å². The lowest BCUT2D eigenvalue weighted by molar-refractivity contribution is -0.807. The zero-order valence-electron chi connectivity index (χ0n) is 22.4. The summed E-state index contributed by atoms with van der Waals surface area (Å²) in [5.41, 5.74) is 8.65. The molecule has 0 saturated heterocycles. The second kappa shape index (κ2) is 6.62. The summed E-state index contributed by atoms with van der Waals surface area (Å²) in [6, 6.07) is 16.7. The lowest BCUT2D eigenvalue weighted by atomic mass is 9.63. The van der Waals surface area contributed by atoms with E-state index in [1.807, 2.05) is 0 Å². The van der Waals surface area contributed by atoms with Crippen LogP contribution in [0.25, 0.3) is 27.3 Å². The summed E-state index contributed by atoms with van der Waals surface area (Å²) in [6.45, 7) is 23.7. The van der Waals surface area contributed by atoms with Crippen LogP contribution in [0.3, 0.4) is 0 Å². The van der Waals surface area contributed by atoms with Gasteiger partial charge in [0.25, 0.3) is 0 Å². The minimum Gasteiger partial charge on any atom is -0.119 e. The van der Waals surface area contributed by atoms with Crippen molar-refractivity contribution in [3.8, 4) is 0 Å². The Labute approximate surface area is 199 Å². The first-order valence-electron chi connectivity index (χ1n) is 12.8. The molecule has 5 rings (SSSR count). The molecular formula is C31H41N2+. The number of pyridine rings is 1. The van der Waals surface area contributed by atoms with Crippen molar-refractivity contribution in [1.29, 1.82) is 0 Å². The Hall–Kier alpha value is -2.35. The minimum absolute atomic E-state index is 0.0276. The molecule has 0 saturated carbocycles. The molecule has 0 radical (unpaired) electrons. The van der Waals surface area contributed by atoms with Gasteiger partial charge in [0.2, 0.25) is 5.52 Å². The van der Waals surface area contributed by atoms with Crippen LogP contribution >= 0.6 is 0 Å². The molecule has 33 heavy (non-hydrogen) atoms. The fraction of sp³-hybridized carbons (Fsp3) is 0.516. The van der Waals surface area contributed by atoms with E-state index in [4.69, 9.17) is 0 Å². The molecule has 1 aliphatic rings. The van der Waals surface area contributed by atoms with E-state index in [0.717, 1.165) is 12.8 Å². The van der Waals surface area contributed by atoms with Crippen LogP contribution in [0.1, 0.15) is 98.8 Å². The van der Waals surface area contributed by atoms with Crippen LogP contribution in [0.5, 0.6) is 0 Å². The van der Waals surface area contributed by atoms with Gasteiger partial charge in [0.15, 0.2) is 5.54 Å². The molecule has 2 nitrogen and oxygen atoms in total. The highest BCUT2D eigenvalue weighted by atomic mass is 15.4. The molecule has 0 aliphatic carbocycles. The van der Waals surface area contributed by atoms with Crippen molar-refractivity contribution in [3.63, 3.8) is 0 Å². The molecule has 174 valence electrons. The number of hydrogen-bond acceptors (Lipinski definition) is 0. The molecule has 1 aliphatic heterocycles. The van der Waals surface area contributed by atoms with Crippen LogP contribution in [0.4, 0.5) is 0 Å². The van der Waals surface area contributed by atoms with Gasteiger partial charge in [0, 0.05) is 24.8 Å². The van der Waals surface area contributed by atoms with Gasteiger partial charge in [-0.1, -0.05) is 84.3 Å². The van der Waals surface area contributed by atoms with Gasteiger partial charge in [-0.15, -0.1) is 4.52 Å². The largest absolute Gasteiger partial charge is 0.240 e. The van der Waals surface area contributed by atoms with Crippen LogP contribution < -0.4 is 4.68 Å². The maximum absolute atomic E-state index is 2.66. The number of fused-ring (bicyclic) bond motifs is 3. The van der Waals surface area contributed by atoms with Crippen molar-refractivity contribution in [2.24, 2.45) is 0 Å². The van der Waals surface area contributed by atoms with Gasteiger partial charge < -0.3 is 0 Å². The average Bonchev–Trinajstić information content (AvgIpc) is 3.09. The zero-order chi connectivity index (χ0) is 24.1. The molecule has 0 fully saturated rings. The van der Waals surface area contributed by atoms with E-state index in [2.05, 4.69) is 121 Å². The second-order valence-electron chi connectivity index (χ2n) is 12.8. The Balaban J connectivity index is 2.13. The van der Waals surface area contributed by atoms with E-state index in [1.165, 1.54) is 44.0 Å². The van der Waals surface area contributed by atoms with Crippen molar-refractivity contribution in [2.45, 2.75) is 104 Å². The summed E-state index contributed by atoms with van der Waals surface area (Å²) in [6.07, 6.45) is 2.19. The highest BCUT2D eigenvalue weighted by Crippen LogP contribution is 2.50. The topological polar surface area (TPSA) is 8.29 Å². The number of benzene rings is 2. The number of hydrogen-bond donors (Lipinski definition) is 0. The van der Waals surface area contributed by atoms with E-state index in [9.17, 15) is 0 Å². The van der Waals surface area contributed by atoms with Gasteiger partial charge in [-0.25, -0.2) is 0 Å². The van der Waals surface area contributed by atoms with Gasteiger partial charge in [-0.2, -0.15) is 0 Å². The molecular weight excluding hydrogens is 400 g/mol. The molecule has 0 amide bonds. The van der Waals surface area contributed by atoms with Crippen LogP contribution in [0.15, 0.2) is 42.5 Å². The Morgan fingerprint density at radius 1 is 0.818 bits per heavy atom. The second-order valence-corrected chi connectivity index (χ2v) is 12.8. The molecule has 0 spiro atoms. The van der Waals surface area contributed by atoms with Crippen molar-refractivity contribution in [2.75, 3.05) is 0 Å². The van der Waals surface area contributed by atoms with Crippen molar-refractivity contribution < 1.29 is 4.68 Å². The van der Waals surface area contributed by atoms with Crippen LogP contribution in [-0.2, 0) is 21.8 Å². The maximum Gasteiger partial charge on any atom is 0.240 e. The average molecular weight is 442 g/mol. The Bertz CT molecular complexity index is 1420. The first-order valence-corrected chi connectivity index (χ1v) is 12.8. The van der Waals surface area contributed by atoms with Crippen LogP contribution in [0, 0.1) is 0 Å². The van der Waals surface area contributed by atoms with Crippen molar-refractivity contribution >= 4 is 27.3 Å². The number of aromatic nitrogens is 2. The number of nitrogens with zero attached hydrogens (tertiary/aromatic N) is 2. The van der Waals surface area contributed by atoms with E-state index in [1.54, 1.807) is 0 Å². The molecule has 0 bridgehead atoms. The normalized spacial score (nSPS) is 23.3. The van der Waals surface area contributed by atoms with Gasteiger partial charge in [-0.05, 0) is 53.0 Å². The van der Waals surface area contributed by atoms with E-state index in [-0.39, 0.29) is 21.8 Å². The fourth-order valence-corrected chi connectivity index (χ4v) is 6.47. The first-order chi connectivity index (χ1) is 15.3. The van der Waals surface area contributed by atoms with Gasteiger partial charge >= 0.3 is 0 Å². The van der Waals surface area contributed by atoms with Gasteiger partial charge in [0.1, 0.15) is 11.0 Å². The maximum atomic E-state index is 2.66. The molecule has 2 atom stereocenters. The van der Waals surface area contributed by atoms with Crippen LogP contribution in [-0.4, -0.2) is 4.52 Å². The zero-order valence-corrected chi connectivity index (χ0v) is 22.4. The third kappa shape index (κ3) is 2.70. The summed E-state index contributed by atoms with van der Waals surface area (Å²) in [5.74, 6) is 0.